The van der Waals surface area contributed by atoms with Crippen molar-refractivity contribution in [2.45, 2.75) is 70.5 Å². The zero-order valence-electron chi connectivity index (χ0n) is 14.0. The van der Waals surface area contributed by atoms with Crippen molar-refractivity contribution in [1.29, 1.82) is 0 Å². The van der Waals surface area contributed by atoms with Gasteiger partial charge in [-0.3, -0.25) is 4.90 Å². The number of carbonyl (C=O) groups excluding carboxylic acids is 1. The molecule has 1 aliphatic heterocycles. The molecule has 2 heterocycles. The van der Waals surface area contributed by atoms with Gasteiger partial charge in [0.1, 0.15) is 5.76 Å². The van der Waals surface area contributed by atoms with Gasteiger partial charge in [0.25, 0.3) is 0 Å². The van der Waals surface area contributed by atoms with E-state index in [1.807, 2.05) is 13.0 Å². The van der Waals surface area contributed by atoms with Crippen LogP contribution < -0.4 is 10.6 Å². The van der Waals surface area contributed by atoms with E-state index in [9.17, 15) is 4.79 Å². The van der Waals surface area contributed by atoms with Gasteiger partial charge >= 0.3 is 6.03 Å². The molecule has 0 aromatic carbocycles. The lowest BCUT2D eigenvalue weighted by Gasteiger charge is -2.32. The molecular formula is C17H28N4O2. The van der Waals surface area contributed by atoms with Gasteiger partial charge in [-0.2, -0.15) is 0 Å². The third kappa shape index (κ3) is 4.96. The Morgan fingerprint density at radius 1 is 1.17 bits per heavy atom. The molecule has 23 heavy (non-hydrogen) atoms. The first-order valence-corrected chi connectivity index (χ1v) is 8.90. The lowest BCUT2D eigenvalue weighted by Crippen LogP contribution is -2.50. The molecule has 0 spiro atoms. The lowest BCUT2D eigenvalue weighted by atomic mass is 9.96. The highest BCUT2D eigenvalue weighted by Crippen LogP contribution is 2.18. The predicted molar refractivity (Wildman–Crippen MR) is 88.1 cm³/mol. The molecule has 6 heteroatoms. The Bertz CT molecular complexity index is 502. The molecule has 3 rings (SSSR count). The van der Waals surface area contributed by atoms with Crippen molar-refractivity contribution in [3.8, 4) is 0 Å². The predicted octanol–water partition coefficient (Wildman–Crippen LogP) is 2.58. The minimum absolute atomic E-state index is 0.0162. The monoisotopic (exact) mass is 320 g/mol. The second kappa shape index (κ2) is 7.81. The van der Waals surface area contributed by atoms with E-state index in [1.54, 1.807) is 0 Å². The molecular weight excluding hydrogens is 292 g/mol. The smallest absolute Gasteiger partial charge is 0.315 e. The van der Waals surface area contributed by atoms with Crippen LogP contribution in [0.3, 0.4) is 0 Å². The largest absolute Gasteiger partial charge is 0.361 e. The maximum absolute atomic E-state index is 12.1. The van der Waals surface area contributed by atoms with Crippen LogP contribution in [0.15, 0.2) is 10.6 Å². The van der Waals surface area contributed by atoms with Crippen LogP contribution >= 0.6 is 0 Å². The van der Waals surface area contributed by atoms with E-state index in [-0.39, 0.29) is 12.1 Å². The molecule has 2 aliphatic rings. The van der Waals surface area contributed by atoms with Gasteiger partial charge in [0.2, 0.25) is 0 Å². The molecule has 6 nitrogen and oxygen atoms in total. The standard InChI is InChI=1S/C17H28N4O2/c1-13-11-16(20-23-13)12-21-9-7-15(8-10-21)19-17(22)18-14-5-3-2-4-6-14/h11,14-15H,2-10,12H2,1H3,(H2,18,19,22). The first-order chi connectivity index (χ1) is 11.2. The summed E-state index contributed by atoms with van der Waals surface area (Å²) in [6.07, 6.45) is 8.04. The number of likely N-dealkylation sites (tertiary alicyclic amines) is 1. The molecule has 1 saturated carbocycles. The number of amides is 2. The summed E-state index contributed by atoms with van der Waals surface area (Å²) in [5.74, 6) is 0.857. The van der Waals surface area contributed by atoms with E-state index in [0.29, 0.717) is 6.04 Å². The molecule has 128 valence electrons. The topological polar surface area (TPSA) is 70.4 Å². The van der Waals surface area contributed by atoms with Crippen LogP contribution in [0.25, 0.3) is 0 Å². The number of rotatable bonds is 4. The summed E-state index contributed by atoms with van der Waals surface area (Å²) in [6.45, 7) is 4.72. The second-order valence-corrected chi connectivity index (χ2v) is 6.93. The van der Waals surface area contributed by atoms with E-state index >= 15 is 0 Å². The summed E-state index contributed by atoms with van der Waals surface area (Å²) in [6, 6.07) is 2.66. The summed E-state index contributed by atoms with van der Waals surface area (Å²) in [5.41, 5.74) is 0.990. The third-order valence-electron chi connectivity index (χ3n) is 4.93. The van der Waals surface area contributed by atoms with Gasteiger partial charge in [-0.05, 0) is 32.6 Å². The Balaban J connectivity index is 1.36. The molecule has 0 radical (unpaired) electrons. The fraction of sp³-hybridized carbons (Fsp3) is 0.765. The van der Waals surface area contributed by atoms with Crippen molar-refractivity contribution in [3.63, 3.8) is 0 Å². The van der Waals surface area contributed by atoms with Gasteiger partial charge in [0.05, 0.1) is 5.69 Å². The minimum Gasteiger partial charge on any atom is -0.361 e. The Morgan fingerprint density at radius 3 is 2.43 bits per heavy atom. The van der Waals surface area contributed by atoms with E-state index in [2.05, 4.69) is 20.7 Å². The second-order valence-electron chi connectivity index (χ2n) is 6.93. The summed E-state index contributed by atoms with van der Waals surface area (Å²) in [4.78, 5) is 14.5. The third-order valence-corrected chi connectivity index (χ3v) is 4.93. The van der Waals surface area contributed by atoms with Crippen molar-refractivity contribution in [2.75, 3.05) is 13.1 Å². The fourth-order valence-corrected chi connectivity index (χ4v) is 3.62. The lowest BCUT2D eigenvalue weighted by molar-refractivity contribution is 0.181. The molecule has 0 bridgehead atoms. The molecule has 1 saturated heterocycles. The molecule has 1 aliphatic carbocycles. The zero-order chi connectivity index (χ0) is 16.1. The highest BCUT2D eigenvalue weighted by atomic mass is 16.5. The minimum atomic E-state index is 0.0162. The first kappa shape index (κ1) is 16.3. The number of hydrogen-bond acceptors (Lipinski definition) is 4. The molecule has 2 N–H and O–H groups in total. The van der Waals surface area contributed by atoms with Crippen molar-refractivity contribution < 1.29 is 9.32 Å². The average Bonchev–Trinajstić information content (AvgIpc) is 2.95. The summed E-state index contributed by atoms with van der Waals surface area (Å²) >= 11 is 0. The van der Waals surface area contributed by atoms with Crippen molar-refractivity contribution in [2.24, 2.45) is 0 Å². The number of hydrogen-bond donors (Lipinski definition) is 2. The van der Waals surface area contributed by atoms with Crippen LogP contribution in [-0.2, 0) is 6.54 Å². The van der Waals surface area contributed by atoms with Crippen molar-refractivity contribution >= 4 is 6.03 Å². The SMILES string of the molecule is Cc1cc(CN2CCC(NC(=O)NC3CCCCC3)CC2)no1. The highest BCUT2D eigenvalue weighted by Gasteiger charge is 2.22. The molecule has 1 aromatic heterocycles. The fourth-order valence-electron chi connectivity index (χ4n) is 3.62. The molecule has 1 aromatic rings. The summed E-state index contributed by atoms with van der Waals surface area (Å²) in [5, 5.41) is 10.3. The Morgan fingerprint density at radius 2 is 1.83 bits per heavy atom. The summed E-state index contributed by atoms with van der Waals surface area (Å²) < 4.78 is 5.11. The van der Waals surface area contributed by atoms with Crippen LogP contribution in [0.2, 0.25) is 0 Å². The number of carbonyl (C=O) groups is 1. The number of aromatic nitrogens is 1. The number of nitrogens with zero attached hydrogens (tertiary/aromatic N) is 2. The van der Waals surface area contributed by atoms with Crippen LogP contribution in [-0.4, -0.2) is 41.3 Å². The Labute approximate surface area is 138 Å². The van der Waals surface area contributed by atoms with Gasteiger partial charge < -0.3 is 15.2 Å². The first-order valence-electron chi connectivity index (χ1n) is 8.90. The van der Waals surface area contributed by atoms with Gasteiger partial charge in [-0.1, -0.05) is 24.4 Å². The molecule has 0 unspecified atom stereocenters. The molecule has 2 amide bonds. The normalized spacial score (nSPS) is 21.3. The van der Waals surface area contributed by atoms with Gasteiger partial charge in [0, 0.05) is 37.8 Å². The Hall–Kier alpha value is -1.56. The number of nitrogens with one attached hydrogen (secondary N) is 2. The quantitative estimate of drug-likeness (QED) is 0.894. The zero-order valence-corrected chi connectivity index (χ0v) is 14.0. The van der Waals surface area contributed by atoms with Crippen LogP contribution in [0.4, 0.5) is 4.79 Å². The number of urea groups is 1. The van der Waals surface area contributed by atoms with Gasteiger partial charge in [-0.25, -0.2) is 4.79 Å². The molecule has 2 fully saturated rings. The maximum atomic E-state index is 12.1. The van der Waals surface area contributed by atoms with Gasteiger partial charge in [-0.15, -0.1) is 0 Å². The highest BCUT2D eigenvalue weighted by molar-refractivity contribution is 5.74. The van der Waals surface area contributed by atoms with E-state index in [1.165, 1.54) is 19.3 Å². The number of piperidine rings is 1. The number of aryl methyl sites for hydroxylation is 1. The van der Waals surface area contributed by atoms with E-state index in [4.69, 9.17) is 4.52 Å². The maximum Gasteiger partial charge on any atom is 0.315 e. The van der Waals surface area contributed by atoms with E-state index in [0.717, 1.165) is 56.8 Å². The van der Waals surface area contributed by atoms with Crippen LogP contribution in [0.1, 0.15) is 56.4 Å². The van der Waals surface area contributed by atoms with Gasteiger partial charge in [0.15, 0.2) is 0 Å². The summed E-state index contributed by atoms with van der Waals surface area (Å²) in [7, 11) is 0. The van der Waals surface area contributed by atoms with Crippen LogP contribution in [0, 0.1) is 6.92 Å². The van der Waals surface area contributed by atoms with E-state index < -0.39 is 0 Å². The van der Waals surface area contributed by atoms with Crippen LogP contribution in [0.5, 0.6) is 0 Å². The van der Waals surface area contributed by atoms with Crippen molar-refractivity contribution in [1.82, 2.24) is 20.7 Å². The Kier molecular flexibility index (Phi) is 5.54. The average molecular weight is 320 g/mol. The van der Waals surface area contributed by atoms with Crippen molar-refractivity contribution in [3.05, 3.63) is 17.5 Å². The molecule has 0 atom stereocenters.